The van der Waals surface area contributed by atoms with Crippen LogP contribution < -0.4 is 10.9 Å². The topological polar surface area (TPSA) is 102 Å². The number of nitrogens with one attached hydrogen (secondary N) is 2. The van der Waals surface area contributed by atoms with Crippen molar-refractivity contribution < 1.29 is 15.0 Å². The third-order valence-corrected chi connectivity index (χ3v) is 2.55. The number of benzene rings is 1. The molecule has 0 spiro atoms. The van der Waals surface area contributed by atoms with Gasteiger partial charge in [-0.05, 0) is 30.7 Å². The lowest BCUT2D eigenvalue weighted by Crippen LogP contribution is -2.15. The number of amides is 1. The highest BCUT2D eigenvalue weighted by Crippen LogP contribution is 2.20. The quantitative estimate of drug-likeness (QED) is 0.612. The van der Waals surface area contributed by atoms with Gasteiger partial charge in [0.05, 0.1) is 5.56 Å². The number of carbonyl (C=O) groups is 1. The number of phenolic OH excluding ortho intramolecular Hbond substituents is 1. The van der Waals surface area contributed by atoms with Crippen molar-refractivity contribution in [3.63, 3.8) is 0 Å². The summed E-state index contributed by atoms with van der Waals surface area (Å²) in [5, 5.41) is 21.2. The van der Waals surface area contributed by atoms with Crippen LogP contribution in [0.2, 0.25) is 0 Å². The summed E-state index contributed by atoms with van der Waals surface area (Å²) in [6, 6.07) is 6.83. The SMILES string of the molecule is Cc1cc(NC(=O)c2cc(O)[nH]c(=O)c2)ccc1O. The number of H-pyrrole nitrogens is 1. The molecule has 0 atom stereocenters. The minimum Gasteiger partial charge on any atom is -0.508 e. The Kier molecular flexibility index (Phi) is 3.24. The summed E-state index contributed by atoms with van der Waals surface area (Å²) in [6.07, 6.45) is 0. The molecule has 98 valence electrons. The van der Waals surface area contributed by atoms with Crippen molar-refractivity contribution in [2.45, 2.75) is 6.92 Å². The van der Waals surface area contributed by atoms with Crippen molar-refractivity contribution in [2.75, 3.05) is 5.32 Å². The van der Waals surface area contributed by atoms with E-state index in [2.05, 4.69) is 10.3 Å². The van der Waals surface area contributed by atoms with Crippen LogP contribution in [0.1, 0.15) is 15.9 Å². The monoisotopic (exact) mass is 260 g/mol. The van der Waals surface area contributed by atoms with Crippen molar-refractivity contribution in [2.24, 2.45) is 0 Å². The molecule has 1 heterocycles. The van der Waals surface area contributed by atoms with Crippen LogP contribution in [0.25, 0.3) is 0 Å². The van der Waals surface area contributed by atoms with Crippen LogP contribution in [-0.4, -0.2) is 21.1 Å². The third kappa shape index (κ3) is 2.92. The summed E-state index contributed by atoms with van der Waals surface area (Å²) in [5.41, 5.74) is 0.589. The molecule has 0 fully saturated rings. The number of aromatic amines is 1. The second-order valence-electron chi connectivity index (χ2n) is 4.07. The van der Waals surface area contributed by atoms with E-state index in [9.17, 15) is 19.8 Å². The Morgan fingerprint density at radius 1 is 1.21 bits per heavy atom. The molecule has 6 nitrogen and oxygen atoms in total. The van der Waals surface area contributed by atoms with Crippen LogP contribution in [0.3, 0.4) is 0 Å². The molecule has 2 rings (SSSR count). The number of aryl methyl sites for hydroxylation is 1. The Morgan fingerprint density at radius 3 is 2.58 bits per heavy atom. The van der Waals surface area contributed by atoms with Crippen molar-refractivity contribution in [3.8, 4) is 11.6 Å². The van der Waals surface area contributed by atoms with Gasteiger partial charge in [0.2, 0.25) is 0 Å². The summed E-state index contributed by atoms with van der Waals surface area (Å²) in [7, 11) is 0. The van der Waals surface area contributed by atoms with Gasteiger partial charge in [0.25, 0.3) is 11.5 Å². The summed E-state index contributed by atoms with van der Waals surface area (Å²) in [6.45, 7) is 1.70. The lowest BCUT2D eigenvalue weighted by atomic mass is 10.2. The summed E-state index contributed by atoms with van der Waals surface area (Å²) >= 11 is 0. The standard InChI is InChI=1S/C13H12N2O4/c1-7-4-9(2-3-10(7)16)14-13(19)8-5-11(17)15-12(18)6-8/h2-6,16H,1H3,(H,14,19)(H2,15,17,18). The van der Waals surface area contributed by atoms with E-state index in [-0.39, 0.29) is 17.2 Å². The number of aromatic nitrogens is 1. The highest BCUT2D eigenvalue weighted by atomic mass is 16.3. The van der Waals surface area contributed by atoms with Gasteiger partial charge in [0.1, 0.15) is 5.75 Å². The van der Waals surface area contributed by atoms with Crippen LogP contribution >= 0.6 is 0 Å². The highest BCUT2D eigenvalue weighted by Gasteiger charge is 2.09. The predicted octanol–water partition coefficient (Wildman–Crippen LogP) is 1.35. The van der Waals surface area contributed by atoms with Gasteiger partial charge >= 0.3 is 0 Å². The first-order valence-electron chi connectivity index (χ1n) is 5.50. The maximum atomic E-state index is 11.9. The average molecular weight is 260 g/mol. The molecule has 0 aliphatic carbocycles. The van der Waals surface area contributed by atoms with E-state index < -0.39 is 11.5 Å². The van der Waals surface area contributed by atoms with Crippen LogP contribution in [0.4, 0.5) is 5.69 Å². The number of hydrogen-bond donors (Lipinski definition) is 4. The third-order valence-electron chi connectivity index (χ3n) is 2.55. The molecule has 0 saturated heterocycles. The van der Waals surface area contributed by atoms with Gasteiger partial charge in [0.15, 0.2) is 5.88 Å². The molecule has 19 heavy (non-hydrogen) atoms. The molecule has 0 aliphatic heterocycles. The van der Waals surface area contributed by atoms with Crippen LogP contribution in [-0.2, 0) is 0 Å². The van der Waals surface area contributed by atoms with E-state index in [1.165, 1.54) is 12.1 Å². The number of rotatable bonds is 2. The number of hydrogen-bond acceptors (Lipinski definition) is 4. The highest BCUT2D eigenvalue weighted by molar-refractivity contribution is 6.04. The lowest BCUT2D eigenvalue weighted by molar-refractivity contribution is 0.102. The molecule has 0 unspecified atom stereocenters. The Hall–Kier alpha value is -2.76. The van der Waals surface area contributed by atoms with Gasteiger partial charge in [-0.3, -0.25) is 14.6 Å². The molecule has 0 bridgehead atoms. The van der Waals surface area contributed by atoms with Crippen molar-refractivity contribution in [1.82, 2.24) is 4.98 Å². The fourth-order valence-corrected chi connectivity index (χ4v) is 1.60. The zero-order valence-corrected chi connectivity index (χ0v) is 10.1. The molecule has 0 aliphatic rings. The second-order valence-corrected chi connectivity index (χ2v) is 4.07. The van der Waals surface area contributed by atoms with Gasteiger partial charge in [-0.1, -0.05) is 0 Å². The first-order valence-corrected chi connectivity index (χ1v) is 5.50. The molecular weight excluding hydrogens is 248 g/mol. The number of carbonyl (C=O) groups excluding carboxylic acids is 1. The molecule has 1 aromatic heterocycles. The zero-order valence-electron chi connectivity index (χ0n) is 10.1. The average Bonchev–Trinajstić information content (AvgIpc) is 2.32. The van der Waals surface area contributed by atoms with E-state index in [0.29, 0.717) is 11.3 Å². The number of anilines is 1. The zero-order chi connectivity index (χ0) is 14.0. The number of aromatic hydroxyl groups is 2. The molecular formula is C13H12N2O4. The van der Waals surface area contributed by atoms with E-state index in [1.807, 2.05) is 0 Å². The lowest BCUT2D eigenvalue weighted by Gasteiger charge is -2.07. The van der Waals surface area contributed by atoms with Gasteiger partial charge in [-0.25, -0.2) is 0 Å². The summed E-state index contributed by atoms with van der Waals surface area (Å²) < 4.78 is 0. The minimum atomic E-state index is -0.563. The fourth-order valence-electron chi connectivity index (χ4n) is 1.60. The number of pyridine rings is 1. The smallest absolute Gasteiger partial charge is 0.256 e. The Morgan fingerprint density at radius 2 is 1.95 bits per heavy atom. The van der Waals surface area contributed by atoms with Gasteiger partial charge in [-0.15, -0.1) is 0 Å². The van der Waals surface area contributed by atoms with E-state index in [1.54, 1.807) is 13.0 Å². The van der Waals surface area contributed by atoms with Crippen molar-refractivity contribution in [1.29, 1.82) is 0 Å². The van der Waals surface area contributed by atoms with E-state index in [4.69, 9.17) is 0 Å². The maximum absolute atomic E-state index is 11.9. The van der Waals surface area contributed by atoms with Crippen LogP contribution in [0.5, 0.6) is 11.6 Å². The van der Waals surface area contributed by atoms with Crippen molar-refractivity contribution in [3.05, 3.63) is 51.8 Å². The van der Waals surface area contributed by atoms with Crippen LogP contribution in [0.15, 0.2) is 35.1 Å². The fraction of sp³-hybridized carbons (Fsp3) is 0.0769. The second kappa shape index (κ2) is 4.85. The molecule has 0 radical (unpaired) electrons. The molecule has 1 amide bonds. The first kappa shape index (κ1) is 12.7. The predicted molar refractivity (Wildman–Crippen MR) is 69.5 cm³/mol. The Balaban J connectivity index is 2.25. The van der Waals surface area contributed by atoms with E-state index in [0.717, 1.165) is 12.1 Å². The molecule has 4 N–H and O–H groups in total. The summed E-state index contributed by atoms with van der Waals surface area (Å²) in [5.74, 6) is -0.766. The molecule has 2 aromatic rings. The molecule has 6 heteroatoms. The summed E-state index contributed by atoms with van der Waals surface area (Å²) in [4.78, 5) is 25.1. The largest absolute Gasteiger partial charge is 0.508 e. The minimum absolute atomic E-state index is 0.0481. The Bertz CT molecular complexity index is 691. The van der Waals surface area contributed by atoms with Crippen molar-refractivity contribution >= 4 is 11.6 Å². The maximum Gasteiger partial charge on any atom is 0.256 e. The van der Waals surface area contributed by atoms with E-state index >= 15 is 0 Å². The molecule has 1 aromatic carbocycles. The first-order chi connectivity index (χ1) is 8.95. The van der Waals surface area contributed by atoms with Gasteiger partial charge in [0, 0.05) is 17.8 Å². The van der Waals surface area contributed by atoms with Gasteiger partial charge < -0.3 is 15.5 Å². The Labute approximate surface area is 108 Å². The van der Waals surface area contributed by atoms with Crippen LogP contribution in [0, 0.1) is 6.92 Å². The number of phenols is 1. The molecule has 0 saturated carbocycles. The normalized spacial score (nSPS) is 10.2. The van der Waals surface area contributed by atoms with Gasteiger partial charge in [-0.2, -0.15) is 0 Å².